The minimum Gasteiger partial charge on any atom is -0.294 e. The Hall–Kier alpha value is -2.82. The lowest BCUT2D eigenvalue weighted by Gasteiger charge is -2.03. The lowest BCUT2D eigenvalue weighted by atomic mass is 10.00. The normalized spacial score (nSPS) is 10.1. The number of hydrogen-bond acceptors (Lipinski definition) is 4. The van der Waals surface area contributed by atoms with Crippen LogP contribution < -0.4 is 0 Å². The molecule has 0 unspecified atom stereocenters. The molecule has 2 aromatic rings. The van der Waals surface area contributed by atoms with Crippen molar-refractivity contribution < 1.29 is 14.5 Å². The highest BCUT2D eigenvalue weighted by atomic mass is 16.6. The lowest BCUT2D eigenvalue weighted by Crippen LogP contribution is -2.09. The van der Waals surface area contributed by atoms with Gasteiger partial charge >= 0.3 is 0 Å². The maximum absolute atomic E-state index is 12.1. The minimum atomic E-state index is -0.537. The fourth-order valence-corrected chi connectivity index (χ4v) is 1.95. The van der Waals surface area contributed by atoms with Gasteiger partial charge in [-0.2, -0.15) is 0 Å². The monoisotopic (exact) mass is 283 g/mol. The van der Waals surface area contributed by atoms with E-state index in [1.54, 1.807) is 37.3 Å². The Morgan fingerprint density at radius 2 is 1.62 bits per heavy atom. The van der Waals surface area contributed by atoms with Gasteiger partial charge in [-0.3, -0.25) is 19.7 Å². The van der Waals surface area contributed by atoms with E-state index in [2.05, 4.69) is 0 Å². The van der Waals surface area contributed by atoms with Crippen LogP contribution in [0.1, 0.15) is 32.7 Å². The Labute approximate surface area is 121 Å². The van der Waals surface area contributed by atoms with Gasteiger partial charge in [0.2, 0.25) is 0 Å². The first-order valence-corrected chi connectivity index (χ1v) is 6.35. The molecule has 0 radical (unpaired) electrons. The van der Waals surface area contributed by atoms with Crippen molar-refractivity contribution in [2.75, 3.05) is 0 Å². The first-order valence-electron chi connectivity index (χ1n) is 6.35. The number of Topliss-reactive ketones (excluding diaryl/α,β-unsaturated/α-hetero) is 2. The van der Waals surface area contributed by atoms with Gasteiger partial charge in [0.15, 0.2) is 11.6 Å². The smallest absolute Gasteiger partial charge is 0.273 e. The van der Waals surface area contributed by atoms with E-state index in [-0.39, 0.29) is 23.5 Å². The van der Waals surface area contributed by atoms with Crippen molar-refractivity contribution in [1.82, 2.24) is 0 Å². The van der Waals surface area contributed by atoms with E-state index in [9.17, 15) is 19.7 Å². The fraction of sp³-hybridized carbons (Fsp3) is 0.125. The maximum Gasteiger partial charge on any atom is 0.273 e. The summed E-state index contributed by atoms with van der Waals surface area (Å²) in [6.45, 7) is 1.60. The predicted molar refractivity (Wildman–Crippen MR) is 77.6 cm³/mol. The zero-order chi connectivity index (χ0) is 15.4. The molecule has 0 saturated heterocycles. The maximum atomic E-state index is 12.1. The number of aryl methyl sites for hydroxylation is 1. The first kappa shape index (κ1) is 14.6. The van der Waals surface area contributed by atoms with Crippen molar-refractivity contribution in [1.29, 1.82) is 0 Å². The van der Waals surface area contributed by atoms with Crippen LogP contribution in [0.4, 0.5) is 5.69 Å². The van der Waals surface area contributed by atoms with Gasteiger partial charge in [0.25, 0.3) is 5.69 Å². The molecule has 0 aliphatic carbocycles. The van der Waals surface area contributed by atoms with E-state index in [1.807, 2.05) is 0 Å². The standard InChI is InChI=1S/C16H13NO4/c1-11-7-8-13(9-14(11)17(20)21)16(19)10-15(18)12-5-3-2-4-6-12/h2-9H,10H2,1H3. The topological polar surface area (TPSA) is 77.3 Å². The van der Waals surface area contributed by atoms with Crippen molar-refractivity contribution in [3.8, 4) is 0 Å². The van der Waals surface area contributed by atoms with E-state index in [0.29, 0.717) is 11.1 Å². The van der Waals surface area contributed by atoms with Gasteiger partial charge < -0.3 is 0 Å². The van der Waals surface area contributed by atoms with Gasteiger partial charge in [-0.1, -0.05) is 42.5 Å². The van der Waals surface area contributed by atoms with Crippen LogP contribution in [-0.2, 0) is 0 Å². The zero-order valence-electron chi connectivity index (χ0n) is 11.4. The van der Waals surface area contributed by atoms with Crippen molar-refractivity contribution in [3.63, 3.8) is 0 Å². The largest absolute Gasteiger partial charge is 0.294 e. The zero-order valence-corrected chi connectivity index (χ0v) is 11.4. The average molecular weight is 283 g/mol. The van der Waals surface area contributed by atoms with Gasteiger partial charge in [0.05, 0.1) is 11.3 Å². The molecule has 0 aliphatic rings. The van der Waals surface area contributed by atoms with Gasteiger partial charge in [0, 0.05) is 22.8 Å². The minimum absolute atomic E-state index is 0.118. The number of rotatable bonds is 5. The Kier molecular flexibility index (Phi) is 4.23. The van der Waals surface area contributed by atoms with E-state index >= 15 is 0 Å². The Bertz CT molecular complexity index is 707. The van der Waals surface area contributed by atoms with E-state index < -0.39 is 10.7 Å². The molecule has 2 aromatic carbocycles. The van der Waals surface area contributed by atoms with E-state index in [1.165, 1.54) is 18.2 Å². The molecule has 21 heavy (non-hydrogen) atoms. The number of nitro benzene ring substituents is 1. The van der Waals surface area contributed by atoms with Crippen LogP contribution in [0.5, 0.6) is 0 Å². The number of hydrogen-bond donors (Lipinski definition) is 0. The number of nitrogens with zero attached hydrogens (tertiary/aromatic N) is 1. The number of carbonyl (C=O) groups is 2. The second kappa shape index (κ2) is 6.09. The molecule has 5 nitrogen and oxygen atoms in total. The number of carbonyl (C=O) groups excluding carboxylic acids is 2. The molecular weight excluding hydrogens is 270 g/mol. The summed E-state index contributed by atoms with van der Waals surface area (Å²) in [5, 5.41) is 10.9. The van der Waals surface area contributed by atoms with Crippen LogP contribution in [-0.4, -0.2) is 16.5 Å². The van der Waals surface area contributed by atoms with E-state index in [4.69, 9.17) is 0 Å². The van der Waals surface area contributed by atoms with Crippen LogP contribution in [0.25, 0.3) is 0 Å². The highest BCUT2D eigenvalue weighted by Gasteiger charge is 2.17. The molecule has 0 heterocycles. The summed E-state index contributed by atoms with van der Waals surface area (Å²) in [6.07, 6.45) is -0.301. The van der Waals surface area contributed by atoms with Crippen molar-refractivity contribution in [2.45, 2.75) is 13.3 Å². The summed E-state index contributed by atoms with van der Waals surface area (Å²) in [4.78, 5) is 34.4. The van der Waals surface area contributed by atoms with Crippen molar-refractivity contribution in [2.24, 2.45) is 0 Å². The summed E-state index contributed by atoms with van der Waals surface area (Å²) >= 11 is 0. The Balaban J connectivity index is 2.19. The predicted octanol–water partition coefficient (Wildman–Crippen LogP) is 3.36. The van der Waals surface area contributed by atoms with Gasteiger partial charge in [-0.25, -0.2) is 0 Å². The Morgan fingerprint density at radius 1 is 1.00 bits per heavy atom. The van der Waals surface area contributed by atoms with Crippen LogP contribution in [0.2, 0.25) is 0 Å². The molecule has 5 heteroatoms. The fourth-order valence-electron chi connectivity index (χ4n) is 1.95. The lowest BCUT2D eigenvalue weighted by molar-refractivity contribution is -0.385. The van der Waals surface area contributed by atoms with Crippen LogP contribution in [0, 0.1) is 17.0 Å². The molecule has 0 fully saturated rings. The first-order chi connectivity index (χ1) is 9.99. The number of benzene rings is 2. The molecule has 0 amide bonds. The third-order valence-electron chi connectivity index (χ3n) is 3.14. The van der Waals surface area contributed by atoms with Gasteiger partial charge in [0.1, 0.15) is 0 Å². The molecule has 0 spiro atoms. The quantitative estimate of drug-likeness (QED) is 0.365. The highest BCUT2D eigenvalue weighted by Crippen LogP contribution is 2.20. The summed E-state index contributed by atoms with van der Waals surface area (Å²) in [7, 11) is 0. The molecule has 0 aromatic heterocycles. The SMILES string of the molecule is Cc1ccc(C(=O)CC(=O)c2ccccc2)cc1[N+](=O)[O-]. The summed E-state index contributed by atoms with van der Waals surface area (Å²) < 4.78 is 0. The second-order valence-corrected chi connectivity index (χ2v) is 4.65. The van der Waals surface area contributed by atoms with Crippen LogP contribution in [0.3, 0.4) is 0 Å². The van der Waals surface area contributed by atoms with Gasteiger partial charge in [-0.15, -0.1) is 0 Å². The molecule has 106 valence electrons. The van der Waals surface area contributed by atoms with Crippen molar-refractivity contribution >= 4 is 17.3 Å². The van der Waals surface area contributed by atoms with E-state index in [0.717, 1.165) is 0 Å². The molecule has 2 rings (SSSR count). The molecule has 0 atom stereocenters. The highest BCUT2D eigenvalue weighted by molar-refractivity contribution is 6.13. The summed E-state index contributed by atoms with van der Waals surface area (Å²) in [5.41, 5.74) is 0.989. The molecule has 0 bridgehead atoms. The summed E-state index contributed by atoms with van der Waals surface area (Å²) in [5.74, 6) is -0.726. The summed E-state index contributed by atoms with van der Waals surface area (Å²) in [6, 6.07) is 12.7. The third-order valence-corrected chi connectivity index (χ3v) is 3.14. The average Bonchev–Trinajstić information content (AvgIpc) is 2.48. The number of nitro groups is 1. The third kappa shape index (κ3) is 3.39. The van der Waals surface area contributed by atoms with Gasteiger partial charge in [-0.05, 0) is 6.92 Å². The molecule has 0 N–H and O–H groups in total. The van der Waals surface area contributed by atoms with Crippen molar-refractivity contribution in [3.05, 3.63) is 75.3 Å². The molecule has 0 saturated carbocycles. The molecule has 0 aliphatic heterocycles. The van der Waals surface area contributed by atoms with Crippen LogP contribution >= 0.6 is 0 Å². The second-order valence-electron chi connectivity index (χ2n) is 4.65. The molecular formula is C16H13NO4. The number of ketones is 2. The Morgan fingerprint density at radius 3 is 2.24 bits per heavy atom. The van der Waals surface area contributed by atoms with Crippen LogP contribution in [0.15, 0.2) is 48.5 Å².